The van der Waals surface area contributed by atoms with Gasteiger partial charge in [-0.05, 0) is 59.8 Å². The number of nitrogens with zero attached hydrogens (tertiary/aromatic N) is 1. The first-order valence-electron chi connectivity index (χ1n) is 6.56. The Morgan fingerprint density at radius 2 is 2.00 bits per heavy atom. The second-order valence-electron chi connectivity index (χ2n) is 4.82. The number of rotatable bonds is 2. The summed E-state index contributed by atoms with van der Waals surface area (Å²) in [5.74, 6) is -0.119. The third-order valence-electron chi connectivity index (χ3n) is 3.24. The zero-order valence-corrected chi connectivity index (χ0v) is 13.6. The molecule has 3 rings (SSSR count). The van der Waals surface area contributed by atoms with Gasteiger partial charge < -0.3 is 5.32 Å². The number of halogens is 1. The molecule has 4 heteroatoms. The van der Waals surface area contributed by atoms with Gasteiger partial charge in [0.15, 0.2) is 0 Å². The molecule has 104 valence electrons. The quantitative estimate of drug-likeness (QED) is 0.662. The summed E-state index contributed by atoms with van der Waals surface area (Å²) in [4.78, 5) is 16.7. The number of anilines is 1. The molecule has 0 aliphatic rings. The molecule has 0 spiro atoms. The van der Waals surface area contributed by atoms with E-state index in [1.54, 1.807) is 6.20 Å². The van der Waals surface area contributed by atoms with Crippen LogP contribution in [0.1, 0.15) is 15.9 Å². The number of hydrogen-bond donors (Lipinski definition) is 1. The molecular weight excluding hydrogens is 375 g/mol. The van der Waals surface area contributed by atoms with Crippen molar-refractivity contribution in [2.24, 2.45) is 0 Å². The second kappa shape index (κ2) is 5.81. The number of carbonyl (C=O) groups excluding carboxylic acids is 1. The molecule has 0 aliphatic carbocycles. The van der Waals surface area contributed by atoms with E-state index in [0.29, 0.717) is 5.56 Å². The third kappa shape index (κ3) is 2.90. The van der Waals surface area contributed by atoms with E-state index in [1.807, 2.05) is 55.5 Å². The lowest BCUT2D eigenvalue weighted by Gasteiger charge is -2.09. The Morgan fingerprint density at radius 1 is 1.14 bits per heavy atom. The molecule has 1 aromatic heterocycles. The second-order valence-corrected chi connectivity index (χ2v) is 5.98. The van der Waals surface area contributed by atoms with Gasteiger partial charge in [0.2, 0.25) is 0 Å². The van der Waals surface area contributed by atoms with Crippen LogP contribution >= 0.6 is 22.6 Å². The van der Waals surface area contributed by atoms with Crippen molar-refractivity contribution in [1.82, 2.24) is 4.98 Å². The van der Waals surface area contributed by atoms with E-state index in [-0.39, 0.29) is 5.91 Å². The molecule has 21 heavy (non-hydrogen) atoms. The number of amides is 1. The van der Waals surface area contributed by atoms with Gasteiger partial charge in [-0.3, -0.25) is 9.78 Å². The minimum absolute atomic E-state index is 0.119. The third-order valence-corrected chi connectivity index (χ3v) is 4.19. The summed E-state index contributed by atoms with van der Waals surface area (Å²) in [5, 5.41) is 3.99. The summed E-state index contributed by atoms with van der Waals surface area (Å²) in [6.45, 7) is 1.97. The van der Waals surface area contributed by atoms with Gasteiger partial charge in [0, 0.05) is 20.7 Å². The molecule has 0 fully saturated rings. The van der Waals surface area contributed by atoms with Crippen molar-refractivity contribution >= 4 is 45.1 Å². The summed E-state index contributed by atoms with van der Waals surface area (Å²) < 4.78 is 1.12. The van der Waals surface area contributed by atoms with Crippen LogP contribution < -0.4 is 5.32 Å². The molecule has 0 radical (unpaired) electrons. The van der Waals surface area contributed by atoms with E-state index in [1.165, 1.54) is 0 Å². The maximum Gasteiger partial charge on any atom is 0.255 e. The first-order chi connectivity index (χ1) is 10.1. The van der Waals surface area contributed by atoms with E-state index in [2.05, 4.69) is 32.9 Å². The number of hydrogen-bond acceptors (Lipinski definition) is 2. The van der Waals surface area contributed by atoms with Crippen molar-refractivity contribution in [3.05, 3.63) is 69.4 Å². The molecule has 0 bridgehead atoms. The molecule has 0 atom stereocenters. The SMILES string of the molecule is Cc1cccc(C(=O)Nc2ccc(I)c3cccnc23)c1. The first-order valence-corrected chi connectivity index (χ1v) is 7.64. The Balaban J connectivity index is 1.99. The lowest BCUT2D eigenvalue weighted by molar-refractivity contribution is 0.102. The average Bonchev–Trinajstić information content (AvgIpc) is 2.50. The van der Waals surface area contributed by atoms with Crippen LogP contribution in [0.3, 0.4) is 0 Å². The Hall–Kier alpha value is -1.95. The van der Waals surface area contributed by atoms with Gasteiger partial charge in [-0.15, -0.1) is 0 Å². The molecule has 3 nitrogen and oxygen atoms in total. The maximum absolute atomic E-state index is 12.4. The molecule has 1 N–H and O–H groups in total. The number of nitrogens with one attached hydrogen (secondary N) is 1. The molecule has 0 saturated carbocycles. The highest BCUT2D eigenvalue weighted by molar-refractivity contribution is 14.1. The molecule has 3 aromatic rings. The summed E-state index contributed by atoms with van der Waals surface area (Å²) in [5.41, 5.74) is 3.26. The first kappa shape index (κ1) is 14.0. The Kier molecular flexibility index (Phi) is 3.88. The fraction of sp³-hybridized carbons (Fsp3) is 0.0588. The van der Waals surface area contributed by atoms with E-state index < -0.39 is 0 Å². The van der Waals surface area contributed by atoms with Crippen molar-refractivity contribution in [1.29, 1.82) is 0 Å². The zero-order chi connectivity index (χ0) is 14.8. The van der Waals surface area contributed by atoms with Crippen molar-refractivity contribution in [3.63, 3.8) is 0 Å². The van der Waals surface area contributed by atoms with Gasteiger partial charge in [-0.2, -0.15) is 0 Å². The van der Waals surface area contributed by atoms with Crippen LogP contribution in [0.4, 0.5) is 5.69 Å². The topological polar surface area (TPSA) is 42.0 Å². The van der Waals surface area contributed by atoms with E-state index in [0.717, 1.165) is 25.7 Å². The van der Waals surface area contributed by atoms with Gasteiger partial charge in [-0.25, -0.2) is 0 Å². The van der Waals surface area contributed by atoms with Crippen LogP contribution in [0.25, 0.3) is 10.9 Å². The lowest BCUT2D eigenvalue weighted by atomic mass is 10.1. The predicted octanol–water partition coefficient (Wildman–Crippen LogP) is 4.40. The largest absolute Gasteiger partial charge is 0.320 e. The lowest BCUT2D eigenvalue weighted by Crippen LogP contribution is -2.12. The number of fused-ring (bicyclic) bond motifs is 1. The Morgan fingerprint density at radius 3 is 2.81 bits per heavy atom. The summed E-state index contributed by atoms with van der Waals surface area (Å²) in [6, 6.07) is 15.3. The van der Waals surface area contributed by atoms with Crippen molar-refractivity contribution in [2.75, 3.05) is 5.32 Å². The van der Waals surface area contributed by atoms with Crippen LogP contribution in [-0.2, 0) is 0 Å². The summed E-state index contributed by atoms with van der Waals surface area (Å²) in [6.07, 6.45) is 1.74. The number of aryl methyl sites for hydroxylation is 1. The molecule has 0 saturated heterocycles. The molecular formula is C17H13IN2O. The number of aromatic nitrogens is 1. The normalized spacial score (nSPS) is 10.6. The van der Waals surface area contributed by atoms with Gasteiger partial charge >= 0.3 is 0 Å². The average molecular weight is 388 g/mol. The smallest absolute Gasteiger partial charge is 0.255 e. The fourth-order valence-corrected chi connectivity index (χ4v) is 2.83. The van der Waals surface area contributed by atoms with Crippen LogP contribution in [-0.4, -0.2) is 10.9 Å². The Labute approximate surface area is 136 Å². The molecule has 1 amide bonds. The highest BCUT2D eigenvalue weighted by Gasteiger charge is 2.10. The van der Waals surface area contributed by atoms with Gasteiger partial charge in [-0.1, -0.05) is 23.8 Å². The van der Waals surface area contributed by atoms with Gasteiger partial charge in [0.1, 0.15) is 0 Å². The number of benzene rings is 2. The van der Waals surface area contributed by atoms with Crippen LogP contribution in [0.2, 0.25) is 0 Å². The number of carbonyl (C=O) groups is 1. The van der Waals surface area contributed by atoms with Gasteiger partial charge in [0.05, 0.1) is 11.2 Å². The van der Waals surface area contributed by atoms with Crippen LogP contribution in [0.5, 0.6) is 0 Å². The molecule has 0 aliphatic heterocycles. The monoisotopic (exact) mass is 388 g/mol. The van der Waals surface area contributed by atoms with Crippen molar-refractivity contribution in [2.45, 2.75) is 6.92 Å². The molecule has 1 heterocycles. The Bertz CT molecular complexity index is 830. The van der Waals surface area contributed by atoms with E-state index in [4.69, 9.17) is 0 Å². The minimum atomic E-state index is -0.119. The highest BCUT2D eigenvalue weighted by atomic mass is 127. The predicted molar refractivity (Wildman–Crippen MR) is 93.6 cm³/mol. The van der Waals surface area contributed by atoms with E-state index >= 15 is 0 Å². The minimum Gasteiger partial charge on any atom is -0.320 e. The summed E-state index contributed by atoms with van der Waals surface area (Å²) in [7, 11) is 0. The van der Waals surface area contributed by atoms with Gasteiger partial charge in [0.25, 0.3) is 5.91 Å². The standard InChI is InChI=1S/C17H13IN2O/c1-11-4-2-5-12(10-11)17(21)20-15-8-7-14(18)13-6-3-9-19-16(13)15/h2-10H,1H3,(H,20,21). The fourth-order valence-electron chi connectivity index (χ4n) is 2.22. The molecule has 2 aromatic carbocycles. The van der Waals surface area contributed by atoms with Crippen molar-refractivity contribution < 1.29 is 4.79 Å². The van der Waals surface area contributed by atoms with Crippen molar-refractivity contribution in [3.8, 4) is 0 Å². The molecule has 0 unspecified atom stereocenters. The zero-order valence-electron chi connectivity index (χ0n) is 11.4. The highest BCUT2D eigenvalue weighted by Crippen LogP contribution is 2.26. The number of pyridine rings is 1. The van der Waals surface area contributed by atoms with Crippen LogP contribution in [0, 0.1) is 10.5 Å². The van der Waals surface area contributed by atoms with Crippen LogP contribution in [0.15, 0.2) is 54.7 Å². The maximum atomic E-state index is 12.4. The van der Waals surface area contributed by atoms with E-state index in [9.17, 15) is 4.79 Å². The summed E-state index contributed by atoms with van der Waals surface area (Å²) >= 11 is 2.27.